The van der Waals surface area contributed by atoms with E-state index in [0.717, 1.165) is 11.1 Å². The molecule has 1 aliphatic heterocycles. The van der Waals surface area contributed by atoms with E-state index in [2.05, 4.69) is 10.2 Å². The number of methoxy groups -OCH3 is 2. The molecule has 1 saturated heterocycles. The maximum Gasteiger partial charge on any atom is 0.237 e. The third kappa shape index (κ3) is 6.04. The van der Waals surface area contributed by atoms with Crippen molar-refractivity contribution in [3.63, 3.8) is 0 Å². The average molecular weight is 467 g/mol. The maximum absolute atomic E-state index is 12.7. The van der Waals surface area contributed by atoms with Crippen molar-refractivity contribution in [2.75, 3.05) is 40.5 Å². The number of nitrogens with zero attached hydrogens (tertiary/aromatic N) is 1. The molecule has 1 N–H and O–H groups in total. The second-order valence-electron chi connectivity index (χ2n) is 7.43. The van der Waals surface area contributed by atoms with Crippen LogP contribution in [0.1, 0.15) is 24.2 Å². The zero-order valence-electron chi connectivity index (χ0n) is 18.0. The molecule has 2 aromatic carbocycles. The number of benzene rings is 2. The molecule has 1 aliphatic rings. The van der Waals surface area contributed by atoms with Crippen molar-refractivity contribution in [3.05, 3.63) is 57.6 Å². The number of amides is 1. The molecule has 2 aromatic rings. The zero-order valence-corrected chi connectivity index (χ0v) is 19.5. The van der Waals surface area contributed by atoms with E-state index in [-0.39, 0.29) is 18.1 Å². The lowest BCUT2D eigenvalue weighted by molar-refractivity contribution is -0.129. The molecule has 3 rings (SSSR count). The molecular formula is C23H28Cl2N2O4. The molecule has 0 saturated carbocycles. The molecule has 31 heavy (non-hydrogen) atoms. The minimum atomic E-state index is -0.264. The second kappa shape index (κ2) is 11.0. The van der Waals surface area contributed by atoms with Gasteiger partial charge < -0.3 is 19.5 Å². The number of halogens is 2. The quantitative estimate of drug-likeness (QED) is 0.633. The van der Waals surface area contributed by atoms with E-state index >= 15 is 0 Å². The number of hydrogen-bond donors (Lipinski definition) is 1. The minimum absolute atomic E-state index is 0.00438. The van der Waals surface area contributed by atoms with Gasteiger partial charge in [0.05, 0.1) is 43.0 Å². The summed E-state index contributed by atoms with van der Waals surface area (Å²) >= 11 is 12.2. The predicted molar refractivity (Wildman–Crippen MR) is 122 cm³/mol. The predicted octanol–water partition coefficient (Wildman–Crippen LogP) is 4.13. The highest BCUT2D eigenvalue weighted by Gasteiger charge is 2.28. The smallest absolute Gasteiger partial charge is 0.237 e. The lowest BCUT2D eigenvalue weighted by Crippen LogP contribution is -2.50. The Bertz CT molecular complexity index is 909. The lowest BCUT2D eigenvalue weighted by Gasteiger charge is -2.36. The Morgan fingerprint density at radius 2 is 1.94 bits per heavy atom. The van der Waals surface area contributed by atoms with Crippen LogP contribution in [-0.4, -0.2) is 57.3 Å². The molecule has 0 aliphatic carbocycles. The van der Waals surface area contributed by atoms with Crippen LogP contribution < -0.4 is 14.8 Å². The Hall–Kier alpha value is -1.99. The van der Waals surface area contributed by atoms with Gasteiger partial charge in [0.25, 0.3) is 0 Å². The first-order valence-electron chi connectivity index (χ1n) is 10.2. The Labute approximate surface area is 193 Å². The van der Waals surface area contributed by atoms with Crippen molar-refractivity contribution < 1.29 is 19.0 Å². The molecule has 0 spiro atoms. The lowest BCUT2D eigenvalue weighted by atomic mass is 10.1. The van der Waals surface area contributed by atoms with E-state index in [1.165, 1.54) is 0 Å². The Balaban J connectivity index is 1.53. The van der Waals surface area contributed by atoms with Crippen LogP contribution in [0.5, 0.6) is 11.5 Å². The summed E-state index contributed by atoms with van der Waals surface area (Å²) in [4.78, 5) is 14.8. The third-order valence-corrected chi connectivity index (χ3v) is 6.24. The van der Waals surface area contributed by atoms with Crippen LogP contribution in [0.25, 0.3) is 0 Å². The molecule has 1 fully saturated rings. The number of ether oxygens (including phenoxy) is 3. The summed E-state index contributed by atoms with van der Waals surface area (Å²) in [6.45, 7) is 4.32. The van der Waals surface area contributed by atoms with Crippen LogP contribution in [0.3, 0.4) is 0 Å². The van der Waals surface area contributed by atoms with Crippen LogP contribution in [0, 0.1) is 0 Å². The minimum Gasteiger partial charge on any atom is -0.493 e. The summed E-state index contributed by atoms with van der Waals surface area (Å²) in [5.41, 5.74) is 2.02. The van der Waals surface area contributed by atoms with Gasteiger partial charge >= 0.3 is 0 Å². The van der Waals surface area contributed by atoms with Crippen molar-refractivity contribution in [1.82, 2.24) is 10.2 Å². The summed E-state index contributed by atoms with van der Waals surface area (Å²) in [5.74, 6) is 1.37. The van der Waals surface area contributed by atoms with Gasteiger partial charge in [0.15, 0.2) is 11.5 Å². The van der Waals surface area contributed by atoms with Crippen LogP contribution in [0.2, 0.25) is 10.0 Å². The summed E-state index contributed by atoms with van der Waals surface area (Å²) < 4.78 is 16.5. The van der Waals surface area contributed by atoms with E-state index < -0.39 is 0 Å². The topological polar surface area (TPSA) is 60.0 Å². The zero-order chi connectivity index (χ0) is 22.4. The number of morpholine rings is 1. The van der Waals surface area contributed by atoms with Crippen molar-refractivity contribution in [2.24, 2.45) is 0 Å². The molecule has 0 aromatic heterocycles. The summed E-state index contributed by atoms with van der Waals surface area (Å²) in [7, 11) is 3.22. The number of rotatable bonds is 8. The van der Waals surface area contributed by atoms with Gasteiger partial charge in [-0.1, -0.05) is 35.3 Å². The molecular weight excluding hydrogens is 439 g/mol. The van der Waals surface area contributed by atoms with E-state index in [1.807, 2.05) is 37.3 Å². The highest BCUT2D eigenvalue weighted by Crippen LogP contribution is 2.30. The SMILES string of the molecule is COc1ccc(CCNC(=O)C(C)N2CCOC(c3ccc(Cl)c(Cl)c3)C2)cc1OC. The normalized spacial score (nSPS) is 17.8. The van der Waals surface area contributed by atoms with Crippen molar-refractivity contribution in [3.8, 4) is 11.5 Å². The molecule has 2 atom stereocenters. The van der Waals surface area contributed by atoms with Crippen LogP contribution in [-0.2, 0) is 16.0 Å². The Kier molecular flexibility index (Phi) is 8.43. The molecule has 1 heterocycles. The van der Waals surface area contributed by atoms with Gasteiger partial charge in [0.1, 0.15) is 0 Å². The van der Waals surface area contributed by atoms with E-state index in [4.69, 9.17) is 37.4 Å². The summed E-state index contributed by atoms with van der Waals surface area (Å²) in [5, 5.41) is 4.05. The molecule has 1 amide bonds. The first-order chi connectivity index (χ1) is 14.9. The van der Waals surface area contributed by atoms with E-state index in [1.54, 1.807) is 20.3 Å². The standard InChI is InChI=1S/C23H28Cl2N2O4/c1-15(23(28)26-9-8-16-4-7-20(29-2)21(12-16)30-3)27-10-11-31-22(14-27)17-5-6-18(24)19(25)13-17/h4-7,12-13,15,22H,8-11,14H2,1-3H3,(H,26,28). The first kappa shape index (κ1) is 23.7. The van der Waals surface area contributed by atoms with Crippen LogP contribution in [0.4, 0.5) is 0 Å². The van der Waals surface area contributed by atoms with Gasteiger partial charge in [-0.25, -0.2) is 0 Å². The fraction of sp³-hybridized carbons (Fsp3) is 0.435. The number of nitrogens with one attached hydrogen (secondary N) is 1. The fourth-order valence-electron chi connectivity index (χ4n) is 3.61. The van der Waals surface area contributed by atoms with Gasteiger partial charge in [-0.3, -0.25) is 9.69 Å². The van der Waals surface area contributed by atoms with Crippen molar-refractivity contribution in [1.29, 1.82) is 0 Å². The number of hydrogen-bond acceptors (Lipinski definition) is 5. The largest absolute Gasteiger partial charge is 0.493 e. The van der Waals surface area contributed by atoms with Crippen LogP contribution in [0.15, 0.2) is 36.4 Å². The van der Waals surface area contributed by atoms with Gasteiger partial charge in [0.2, 0.25) is 5.91 Å². The summed E-state index contributed by atoms with van der Waals surface area (Å²) in [6, 6.07) is 11.0. The monoisotopic (exact) mass is 466 g/mol. The van der Waals surface area contributed by atoms with Crippen molar-refractivity contribution >= 4 is 29.1 Å². The number of carbonyl (C=O) groups excluding carboxylic acids is 1. The fourth-order valence-corrected chi connectivity index (χ4v) is 3.92. The molecule has 0 bridgehead atoms. The second-order valence-corrected chi connectivity index (χ2v) is 8.25. The molecule has 6 nitrogen and oxygen atoms in total. The van der Waals surface area contributed by atoms with Gasteiger partial charge in [0, 0.05) is 19.6 Å². The van der Waals surface area contributed by atoms with Gasteiger partial charge in [-0.15, -0.1) is 0 Å². The summed E-state index contributed by atoms with van der Waals surface area (Å²) in [6.07, 6.45) is 0.555. The molecule has 168 valence electrons. The molecule has 0 radical (unpaired) electrons. The molecule has 8 heteroatoms. The highest BCUT2D eigenvalue weighted by molar-refractivity contribution is 6.42. The Morgan fingerprint density at radius 3 is 2.65 bits per heavy atom. The first-order valence-corrected chi connectivity index (χ1v) is 11.0. The third-order valence-electron chi connectivity index (χ3n) is 5.50. The van der Waals surface area contributed by atoms with Crippen LogP contribution >= 0.6 is 23.2 Å². The van der Waals surface area contributed by atoms with Gasteiger partial charge in [-0.2, -0.15) is 0 Å². The maximum atomic E-state index is 12.7. The van der Waals surface area contributed by atoms with E-state index in [9.17, 15) is 4.79 Å². The molecule has 2 unspecified atom stereocenters. The van der Waals surface area contributed by atoms with Gasteiger partial charge in [-0.05, 0) is 48.7 Å². The highest BCUT2D eigenvalue weighted by atomic mass is 35.5. The number of carbonyl (C=O) groups is 1. The van der Waals surface area contributed by atoms with Crippen molar-refractivity contribution in [2.45, 2.75) is 25.5 Å². The average Bonchev–Trinajstić information content (AvgIpc) is 2.80. The Morgan fingerprint density at radius 1 is 1.16 bits per heavy atom. The van der Waals surface area contributed by atoms with E-state index in [0.29, 0.717) is 54.2 Å².